The van der Waals surface area contributed by atoms with Gasteiger partial charge in [-0.25, -0.2) is 4.79 Å². The quantitative estimate of drug-likeness (QED) is 0.194. The average Bonchev–Trinajstić information content (AvgIpc) is 2.80. The smallest absolute Gasteiger partial charge is 0.326 e. The first-order chi connectivity index (χ1) is 16.8. The van der Waals surface area contributed by atoms with Crippen molar-refractivity contribution in [1.29, 1.82) is 0 Å². The fraction of sp³-hybridized carbons (Fsp3) is 0.560. The molecule has 0 radical (unpaired) electrons. The van der Waals surface area contributed by atoms with E-state index in [1.54, 1.807) is 37.3 Å². The maximum Gasteiger partial charge on any atom is 0.326 e. The van der Waals surface area contributed by atoms with Crippen molar-refractivity contribution in [3.8, 4) is 0 Å². The molecule has 0 aliphatic carbocycles. The minimum absolute atomic E-state index is 0.0260. The third-order valence-corrected chi connectivity index (χ3v) is 5.79. The van der Waals surface area contributed by atoms with Crippen LogP contribution in [0.1, 0.15) is 52.5 Å². The van der Waals surface area contributed by atoms with Crippen LogP contribution in [0.3, 0.4) is 0 Å². The molecule has 4 amide bonds. The van der Waals surface area contributed by atoms with E-state index >= 15 is 0 Å². The van der Waals surface area contributed by atoms with Crippen LogP contribution in [0.2, 0.25) is 0 Å². The van der Waals surface area contributed by atoms with Gasteiger partial charge in [-0.3, -0.25) is 19.2 Å². The fourth-order valence-corrected chi connectivity index (χ4v) is 3.56. The highest BCUT2D eigenvalue weighted by molar-refractivity contribution is 5.95. The van der Waals surface area contributed by atoms with Crippen molar-refractivity contribution >= 4 is 29.6 Å². The molecular weight excluding hydrogens is 466 g/mol. The Morgan fingerprint density at radius 2 is 1.47 bits per heavy atom. The number of carbonyl (C=O) groups excluding carboxylic acids is 4. The number of carboxylic acid groups (broad SMARTS) is 1. The minimum atomic E-state index is -1.24. The van der Waals surface area contributed by atoms with E-state index < -0.39 is 60.2 Å². The van der Waals surface area contributed by atoms with Gasteiger partial charge in [0.25, 0.3) is 0 Å². The van der Waals surface area contributed by atoms with Crippen molar-refractivity contribution in [2.45, 2.75) is 77.5 Å². The number of amides is 4. The van der Waals surface area contributed by atoms with Gasteiger partial charge >= 0.3 is 5.97 Å². The number of hydrogen-bond acceptors (Lipinski definition) is 6. The summed E-state index contributed by atoms with van der Waals surface area (Å²) in [5.41, 5.74) is 11.6. The number of carbonyl (C=O) groups is 5. The Labute approximate surface area is 211 Å². The van der Waals surface area contributed by atoms with E-state index in [4.69, 9.17) is 11.5 Å². The van der Waals surface area contributed by atoms with Gasteiger partial charge in [-0.1, -0.05) is 64.4 Å². The number of rotatable bonds is 15. The summed E-state index contributed by atoms with van der Waals surface area (Å²) in [7, 11) is 0. The molecule has 0 spiro atoms. The monoisotopic (exact) mass is 505 g/mol. The molecule has 0 saturated heterocycles. The molecule has 5 unspecified atom stereocenters. The highest BCUT2D eigenvalue weighted by Gasteiger charge is 2.33. The summed E-state index contributed by atoms with van der Waals surface area (Å²) in [4.78, 5) is 61.7. The van der Waals surface area contributed by atoms with Crippen LogP contribution < -0.4 is 27.4 Å². The van der Waals surface area contributed by atoms with Crippen LogP contribution in [0.25, 0.3) is 0 Å². The van der Waals surface area contributed by atoms with E-state index in [1.807, 2.05) is 20.8 Å². The van der Waals surface area contributed by atoms with E-state index in [1.165, 1.54) is 0 Å². The zero-order chi connectivity index (χ0) is 27.4. The molecule has 1 aromatic rings. The third kappa shape index (κ3) is 10.4. The van der Waals surface area contributed by atoms with Crippen molar-refractivity contribution in [3.05, 3.63) is 35.9 Å². The van der Waals surface area contributed by atoms with Crippen LogP contribution >= 0.6 is 0 Å². The number of primary amides is 1. The van der Waals surface area contributed by atoms with E-state index in [9.17, 15) is 29.1 Å². The molecule has 0 saturated carbocycles. The first-order valence-corrected chi connectivity index (χ1v) is 12.1. The van der Waals surface area contributed by atoms with E-state index in [-0.39, 0.29) is 24.7 Å². The largest absolute Gasteiger partial charge is 0.480 e. The van der Waals surface area contributed by atoms with E-state index in [0.29, 0.717) is 6.42 Å². The lowest BCUT2D eigenvalue weighted by Gasteiger charge is -2.28. The van der Waals surface area contributed by atoms with E-state index in [0.717, 1.165) is 5.56 Å². The molecule has 0 aliphatic heterocycles. The minimum Gasteiger partial charge on any atom is -0.480 e. The number of aliphatic carboxylic acids is 1. The molecule has 0 fully saturated rings. The Kier molecular flexibility index (Phi) is 12.6. The lowest BCUT2D eigenvalue weighted by Crippen LogP contribution is -2.59. The van der Waals surface area contributed by atoms with Crippen molar-refractivity contribution < 1.29 is 29.1 Å². The Morgan fingerprint density at radius 1 is 0.889 bits per heavy atom. The predicted octanol–water partition coefficient (Wildman–Crippen LogP) is 0.0630. The molecule has 11 heteroatoms. The Morgan fingerprint density at radius 3 is 1.97 bits per heavy atom. The number of nitrogens with one attached hydrogen (secondary N) is 3. The van der Waals surface area contributed by atoms with Crippen LogP contribution in [-0.4, -0.2) is 58.9 Å². The highest BCUT2D eigenvalue weighted by atomic mass is 16.4. The Bertz CT molecular complexity index is 907. The molecule has 0 aliphatic rings. The second kappa shape index (κ2) is 14.8. The molecule has 0 bridgehead atoms. The number of benzene rings is 1. The Hall–Kier alpha value is -3.47. The van der Waals surface area contributed by atoms with Gasteiger partial charge in [-0.05, 0) is 23.8 Å². The summed E-state index contributed by atoms with van der Waals surface area (Å²) in [6.07, 6.45) is 0.462. The summed E-state index contributed by atoms with van der Waals surface area (Å²) in [5.74, 6) is -4.23. The molecule has 0 heterocycles. The molecule has 0 aromatic heterocycles. The van der Waals surface area contributed by atoms with Crippen molar-refractivity contribution in [2.24, 2.45) is 23.3 Å². The van der Waals surface area contributed by atoms with Crippen molar-refractivity contribution in [3.63, 3.8) is 0 Å². The molecular formula is C25H39N5O6. The van der Waals surface area contributed by atoms with Crippen LogP contribution in [0.15, 0.2) is 30.3 Å². The first-order valence-electron chi connectivity index (χ1n) is 12.1. The number of hydrogen-bond donors (Lipinski definition) is 6. The van der Waals surface area contributed by atoms with Gasteiger partial charge in [0.05, 0.1) is 12.5 Å². The third-order valence-electron chi connectivity index (χ3n) is 5.79. The van der Waals surface area contributed by atoms with Crippen molar-refractivity contribution in [2.75, 3.05) is 0 Å². The molecule has 200 valence electrons. The lowest BCUT2D eigenvalue weighted by molar-refractivity contribution is -0.143. The SMILES string of the molecule is CCC(C)C(NC(=O)C(Cc1ccccc1)NC(=O)C(N)CC(N)=O)C(=O)NC(CC(C)C)C(=O)O. The van der Waals surface area contributed by atoms with Gasteiger partial charge in [0, 0.05) is 6.42 Å². The second-order valence-corrected chi connectivity index (χ2v) is 9.43. The van der Waals surface area contributed by atoms with Crippen LogP contribution in [-0.2, 0) is 30.4 Å². The van der Waals surface area contributed by atoms with Gasteiger partial charge in [-0.15, -0.1) is 0 Å². The predicted molar refractivity (Wildman–Crippen MR) is 134 cm³/mol. The summed E-state index contributed by atoms with van der Waals surface area (Å²) in [5, 5.41) is 17.3. The Balaban J connectivity index is 3.13. The normalized spacial score (nSPS) is 15.2. The number of carboxylic acids is 1. The zero-order valence-corrected chi connectivity index (χ0v) is 21.3. The van der Waals surface area contributed by atoms with Crippen LogP contribution in [0.5, 0.6) is 0 Å². The maximum atomic E-state index is 13.3. The van der Waals surface area contributed by atoms with Gasteiger partial charge < -0.3 is 32.5 Å². The van der Waals surface area contributed by atoms with Crippen molar-refractivity contribution in [1.82, 2.24) is 16.0 Å². The number of nitrogens with two attached hydrogens (primary N) is 2. The van der Waals surface area contributed by atoms with Crippen LogP contribution in [0, 0.1) is 11.8 Å². The first kappa shape index (κ1) is 30.6. The lowest BCUT2D eigenvalue weighted by atomic mass is 9.96. The molecule has 1 aromatic carbocycles. The molecule has 8 N–H and O–H groups in total. The zero-order valence-electron chi connectivity index (χ0n) is 21.3. The summed E-state index contributed by atoms with van der Waals surface area (Å²) in [6, 6.07) is 4.43. The molecule has 11 nitrogen and oxygen atoms in total. The van der Waals surface area contributed by atoms with Gasteiger partial charge in [0.2, 0.25) is 23.6 Å². The van der Waals surface area contributed by atoms with Crippen LogP contribution in [0.4, 0.5) is 0 Å². The van der Waals surface area contributed by atoms with Gasteiger partial charge in [0.15, 0.2) is 0 Å². The fourth-order valence-electron chi connectivity index (χ4n) is 3.56. The summed E-state index contributed by atoms with van der Waals surface area (Å²) in [6.45, 7) is 7.29. The summed E-state index contributed by atoms with van der Waals surface area (Å²) >= 11 is 0. The van der Waals surface area contributed by atoms with Gasteiger partial charge in [-0.2, -0.15) is 0 Å². The topological polar surface area (TPSA) is 194 Å². The maximum absolute atomic E-state index is 13.3. The van der Waals surface area contributed by atoms with Gasteiger partial charge in [0.1, 0.15) is 18.1 Å². The molecule has 36 heavy (non-hydrogen) atoms. The van der Waals surface area contributed by atoms with E-state index in [2.05, 4.69) is 16.0 Å². The molecule has 5 atom stereocenters. The standard InChI is InChI=1S/C25H39N5O6/c1-5-15(4)21(24(34)29-19(25(35)36)11-14(2)3)30-23(33)18(12-16-9-7-6-8-10-16)28-22(32)17(26)13-20(27)31/h6-10,14-15,17-19,21H,5,11-13,26H2,1-4H3,(H2,27,31)(H,28,32)(H,29,34)(H,30,33)(H,35,36). The highest BCUT2D eigenvalue weighted by Crippen LogP contribution is 2.12. The summed E-state index contributed by atoms with van der Waals surface area (Å²) < 4.78 is 0. The average molecular weight is 506 g/mol. The molecule has 1 rings (SSSR count). The second-order valence-electron chi connectivity index (χ2n) is 9.43.